The van der Waals surface area contributed by atoms with E-state index in [4.69, 9.17) is 19.4 Å². The van der Waals surface area contributed by atoms with Gasteiger partial charge in [-0.05, 0) is 126 Å². The molecule has 348 valence electrons. The predicted molar refractivity (Wildman–Crippen MR) is 221 cm³/mol. The van der Waals surface area contributed by atoms with Gasteiger partial charge in [0.2, 0.25) is 0 Å². The Kier molecular flexibility index (Phi) is 11.6. The fraction of sp³-hybridized carbons (Fsp3) is 0.729. The number of fused-ring (bicyclic) bond motifs is 12. The van der Waals surface area contributed by atoms with E-state index in [0.717, 1.165) is 12.5 Å². The summed E-state index contributed by atoms with van der Waals surface area (Å²) in [6.07, 6.45) is 5.52. The van der Waals surface area contributed by atoms with Crippen molar-refractivity contribution in [2.75, 3.05) is 13.2 Å². The maximum atomic E-state index is 17.1. The van der Waals surface area contributed by atoms with Crippen LogP contribution >= 0.6 is 0 Å². The highest BCUT2D eigenvalue weighted by molar-refractivity contribution is 6.02. The SMILES string of the molecule is CC(=O)O.CC1(C)O[C@@H]2C[C@H]3[C@@H]4CCC5=CC(=O)C=C[C@]5(C)[C@@]4(F)[C@@H](O)C[C@]3(C)[C@]2(C(=O)CO)O1.C[C@@H]1C[C@H]2[C@@H]3C[C@H](F)C4=CC(=O)C=C[C@]4(C)[C@@]3(F)[C@@H](O)C[C@]2(C)[C@H]1C(=O)CO. The molecule has 1 heterocycles. The van der Waals surface area contributed by atoms with Crippen molar-refractivity contribution in [1.82, 2.24) is 0 Å². The Bertz CT molecular complexity index is 2090. The van der Waals surface area contributed by atoms with Crippen molar-refractivity contribution >= 4 is 29.1 Å². The number of hydrogen-bond donors (Lipinski definition) is 5. The van der Waals surface area contributed by atoms with E-state index in [1.54, 1.807) is 33.8 Å². The summed E-state index contributed by atoms with van der Waals surface area (Å²) in [7, 11) is 0. The summed E-state index contributed by atoms with van der Waals surface area (Å²) in [6, 6.07) is 0. The van der Waals surface area contributed by atoms with Crippen LogP contribution in [0.1, 0.15) is 100 Å². The van der Waals surface area contributed by atoms with Crippen LogP contribution < -0.4 is 0 Å². The van der Waals surface area contributed by atoms with Gasteiger partial charge in [0.15, 0.2) is 45.9 Å². The number of carbonyl (C=O) groups is 5. The Morgan fingerprint density at radius 3 is 1.97 bits per heavy atom. The number of carbonyl (C=O) groups excluding carboxylic acids is 4. The number of halogens is 3. The van der Waals surface area contributed by atoms with E-state index in [1.807, 2.05) is 20.8 Å². The van der Waals surface area contributed by atoms with Crippen LogP contribution in [0.15, 0.2) is 47.6 Å². The highest BCUT2D eigenvalue weighted by Crippen LogP contribution is 2.73. The van der Waals surface area contributed by atoms with Crippen molar-refractivity contribution < 1.29 is 72.2 Å². The summed E-state index contributed by atoms with van der Waals surface area (Å²) < 4.78 is 61.5. The average Bonchev–Trinajstić information content (AvgIpc) is 3.72. The minimum Gasteiger partial charge on any atom is -0.481 e. The summed E-state index contributed by atoms with van der Waals surface area (Å²) in [5.41, 5.74) is -8.75. The molecule has 9 aliphatic rings. The summed E-state index contributed by atoms with van der Waals surface area (Å²) in [4.78, 5) is 58.4. The van der Waals surface area contributed by atoms with Crippen LogP contribution in [0.5, 0.6) is 0 Å². The first-order valence-electron chi connectivity index (χ1n) is 22.2. The summed E-state index contributed by atoms with van der Waals surface area (Å²) in [5, 5.41) is 49.1. The summed E-state index contributed by atoms with van der Waals surface area (Å²) in [6.45, 7) is 12.3. The lowest BCUT2D eigenvalue weighted by Crippen LogP contribution is -2.70. The van der Waals surface area contributed by atoms with Gasteiger partial charge >= 0.3 is 0 Å². The van der Waals surface area contributed by atoms with Gasteiger partial charge in [-0.1, -0.05) is 38.5 Å². The second-order valence-corrected chi connectivity index (χ2v) is 21.2. The standard InChI is InChI=1S/C24H31FO6.C22H28F2O4.C2H4O2/c1-20(2)30-19-10-16-15-6-5-13-9-14(27)7-8-21(13,3)23(15,25)17(28)11-22(16,4)24(19,31-20)18(29)12-26;1-11-6-13-14-8-16(23)15-7-12(26)4-5-21(15,3)22(14,24)18(28)9-20(13,2)19(11)17(27)10-25;1-2(3)4/h7-9,15-17,19,26,28H,5-6,10-12H2,1-4H3;4-5,7,11,13-14,16,18-19,25,28H,6,8-10H2,1-3H3;1H3,(H,3,4)/t15-,16-,17-,19+,21-,22-,23-,24+;11-,13+,14+,16+,18+,19-,20+,21+,22+;/m01./s1. The molecule has 0 bridgehead atoms. The van der Waals surface area contributed by atoms with Crippen molar-refractivity contribution in [3.05, 3.63) is 47.6 Å². The molecular formula is C48H63F3O12. The van der Waals surface area contributed by atoms with Crippen molar-refractivity contribution in [3.8, 4) is 0 Å². The molecule has 12 nitrogen and oxygen atoms in total. The Morgan fingerprint density at radius 1 is 0.794 bits per heavy atom. The smallest absolute Gasteiger partial charge is 0.300 e. The van der Waals surface area contributed by atoms with Crippen LogP contribution in [0.25, 0.3) is 0 Å². The van der Waals surface area contributed by atoms with Gasteiger partial charge < -0.3 is 35.0 Å². The molecule has 0 amide bonds. The number of carboxylic acids is 1. The number of allylic oxidation sites excluding steroid dienone is 8. The second kappa shape index (κ2) is 15.4. The molecule has 6 saturated carbocycles. The molecule has 7 fully saturated rings. The largest absolute Gasteiger partial charge is 0.481 e. The number of Topliss-reactive ketones (excluding diaryl/α,β-unsaturated/α-hetero) is 2. The van der Waals surface area contributed by atoms with Gasteiger partial charge in [-0.15, -0.1) is 0 Å². The number of carboxylic acid groups (broad SMARTS) is 1. The van der Waals surface area contributed by atoms with E-state index in [1.165, 1.54) is 30.4 Å². The molecule has 0 aromatic heterocycles. The van der Waals surface area contributed by atoms with Crippen LogP contribution in [0.2, 0.25) is 0 Å². The third-order valence-electron chi connectivity index (χ3n) is 17.7. The molecule has 8 aliphatic carbocycles. The molecule has 5 N–H and O–H groups in total. The number of ether oxygens (including phenoxy) is 2. The van der Waals surface area contributed by atoms with Crippen LogP contribution in [0.4, 0.5) is 13.2 Å². The molecule has 63 heavy (non-hydrogen) atoms. The van der Waals surface area contributed by atoms with Gasteiger partial charge in [0, 0.05) is 40.9 Å². The lowest BCUT2D eigenvalue weighted by atomic mass is 9.44. The lowest BCUT2D eigenvalue weighted by Gasteiger charge is -2.62. The minimum atomic E-state index is -2.11. The third-order valence-corrected chi connectivity index (χ3v) is 17.7. The molecule has 9 rings (SSSR count). The van der Waals surface area contributed by atoms with Crippen LogP contribution in [0, 0.1) is 57.2 Å². The van der Waals surface area contributed by atoms with Crippen LogP contribution in [-0.2, 0) is 33.4 Å². The Balaban J connectivity index is 0.000000175. The zero-order chi connectivity index (χ0) is 46.8. The van der Waals surface area contributed by atoms with Gasteiger partial charge in [0.05, 0.1) is 18.3 Å². The molecule has 0 unspecified atom stereocenters. The van der Waals surface area contributed by atoms with Gasteiger partial charge in [0.25, 0.3) is 5.97 Å². The number of ketones is 4. The first kappa shape index (κ1) is 47.6. The molecule has 17 atom stereocenters. The first-order valence-corrected chi connectivity index (χ1v) is 22.2. The summed E-state index contributed by atoms with van der Waals surface area (Å²) >= 11 is 0. The molecule has 1 aliphatic heterocycles. The fourth-order valence-electron chi connectivity index (χ4n) is 15.3. The summed E-state index contributed by atoms with van der Waals surface area (Å²) in [5.74, 6) is -5.55. The van der Waals surface area contributed by atoms with Gasteiger partial charge in [-0.25, -0.2) is 13.2 Å². The monoisotopic (exact) mass is 888 g/mol. The molecular weight excluding hydrogens is 826 g/mol. The van der Waals surface area contributed by atoms with Gasteiger partial charge in [0.1, 0.15) is 19.4 Å². The number of alkyl halides is 3. The molecule has 0 radical (unpaired) electrons. The van der Waals surface area contributed by atoms with E-state index >= 15 is 13.2 Å². The van der Waals surface area contributed by atoms with E-state index in [2.05, 4.69) is 0 Å². The highest BCUT2D eigenvalue weighted by Gasteiger charge is 2.80. The molecule has 0 aromatic rings. The molecule has 15 heteroatoms. The zero-order valence-corrected chi connectivity index (χ0v) is 37.3. The van der Waals surface area contributed by atoms with Gasteiger partial charge in [-0.2, -0.15) is 0 Å². The normalized spacial score (nSPS) is 49.4. The Labute approximate surface area is 366 Å². The quantitative estimate of drug-likeness (QED) is 0.246. The third kappa shape index (κ3) is 6.39. The van der Waals surface area contributed by atoms with Crippen molar-refractivity contribution in [1.29, 1.82) is 0 Å². The second-order valence-electron chi connectivity index (χ2n) is 21.2. The van der Waals surface area contributed by atoms with E-state index in [-0.39, 0.29) is 59.9 Å². The average molecular weight is 889 g/mol. The topological polar surface area (TPSA) is 205 Å². The fourth-order valence-corrected chi connectivity index (χ4v) is 15.3. The van der Waals surface area contributed by atoms with Crippen molar-refractivity contribution in [2.45, 2.75) is 148 Å². The van der Waals surface area contributed by atoms with Crippen LogP contribution in [-0.4, -0.2) is 115 Å². The Morgan fingerprint density at radius 2 is 1.37 bits per heavy atom. The Hall–Kier alpha value is -3.34. The molecule has 0 aromatic carbocycles. The van der Waals surface area contributed by atoms with E-state index < -0.39 is 112 Å². The van der Waals surface area contributed by atoms with E-state index in [0.29, 0.717) is 25.7 Å². The highest BCUT2D eigenvalue weighted by atomic mass is 19.2. The lowest BCUT2D eigenvalue weighted by molar-refractivity contribution is -0.246. The van der Waals surface area contributed by atoms with Crippen molar-refractivity contribution in [3.63, 3.8) is 0 Å². The number of aliphatic hydroxyl groups is 4. The first-order chi connectivity index (χ1) is 29.1. The van der Waals surface area contributed by atoms with E-state index in [9.17, 15) is 39.6 Å². The number of rotatable bonds is 4. The number of hydrogen-bond acceptors (Lipinski definition) is 11. The van der Waals surface area contributed by atoms with Gasteiger partial charge in [-0.3, -0.25) is 24.0 Å². The van der Waals surface area contributed by atoms with Crippen molar-refractivity contribution in [2.24, 2.45) is 57.2 Å². The molecule has 0 spiro atoms. The zero-order valence-electron chi connectivity index (χ0n) is 37.3. The maximum absolute atomic E-state index is 17.1. The minimum absolute atomic E-state index is 0.0109. The van der Waals surface area contributed by atoms with Crippen LogP contribution in [0.3, 0.4) is 0 Å². The maximum Gasteiger partial charge on any atom is 0.300 e. The number of aliphatic carboxylic acids is 1. The molecule has 1 saturated heterocycles. The predicted octanol–water partition coefficient (Wildman–Crippen LogP) is 5.24. The number of aliphatic hydroxyl groups excluding tert-OH is 4.